The van der Waals surface area contributed by atoms with Gasteiger partial charge in [-0.3, -0.25) is 14.5 Å². The molecule has 4 rings (SSSR count). The molecule has 1 aliphatic rings. The summed E-state index contributed by atoms with van der Waals surface area (Å²) in [6, 6.07) is 19.0. The minimum Gasteiger partial charge on any atom is -0.488 e. The van der Waals surface area contributed by atoms with Crippen molar-refractivity contribution in [2.75, 3.05) is 0 Å². The molecule has 4 nitrogen and oxygen atoms in total. The van der Waals surface area contributed by atoms with Crippen molar-refractivity contribution in [3.05, 3.63) is 104 Å². The number of carbonyl (C=O) groups excluding carboxylic acids is 2. The second kappa shape index (κ2) is 9.90. The molecule has 8 heteroatoms. The van der Waals surface area contributed by atoms with Gasteiger partial charge in [-0.2, -0.15) is 0 Å². The highest BCUT2D eigenvalue weighted by Gasteiger charge is 2.35. The molecule has 2 amide bonds. The van der Waals surface area contributed by atoms with Gasteiger partial charge in [-0.05, 0) is 53.7 Å². The van der Waals surface area contributed by atoms with Crippen LogP contribution in [0.2, 0.25) is 5.02 Å². The SMILES string of the molecule is O=C1S/C(=C\c2cc(Br)ccc2OCc2c(F)cccc2Cl)C(=O)N1Cc1ccccc1. The average Bonchev–Trinajstić information content (AvgIpc) is 3.03. The lowest BCUT2D eigenvalue weighted by atomic mass is 10.1. The summed E-state index contributed by atoms with van der Waals surface area (Å²) in [6.45, 7) is 0.125. The van der Waals surface area contributed by atoms with Gasteiger partial charge in [0.25, 0.3) is 11.1 Å². The fourth-order valence-corrected chi connectivity index (χ4v) is 4.55. The van der Waals surface area contributed by atoms with Gasteiger partial charge in [0.1, 0.15) is 18.2 Å². The van der Waals surface area contributed by atoms with Crippen molar-refractivity contribution >= 4 is 56.5 Å². The zero-order valence-electron chi connectivity index (χ0n) is 16.6. The Morgan fingerprint density at radius 2 is 1.84 bits per heavy atom. The van der Waals surface area contributed by atoms with Crippen LogP contribution < -0.4 is 4.74 Å². The lowest BCUT2D eigenvalue weighted by Crippen LogP contribution is -2.27. The number of benzene rings is 3. The largest absolute Gasteiger partial charge is 0.488 e. The van der Waals surface area contributed by atoms with Gasteiger partial charge < -0.3 is 4.74 Å². The molecule has 0 spiro atoms. The smallest absolute Gasteiger partial charge is 0.293 e. The van der Waals surface area contributed by atoms with Crippen LogP contribution in [0.1, 0.15) is 16.7 Å². The molecule has 0 aliphatic carbocycles. The van der Waals surface area contributed by atoms with E-state index in [0.29, 0.717) is 11.3 Å². The van der Waals surface area contributed by atoms with Crippen LogP contribution in [0.25, 0.3) is 6.08 Å². The Morgan fingerprint density at radius 1 is 1.06 bits per heavy atom. The lowest BCUT2D eigenvalue weighted by molar-refractivity contribution is -0.123. The highest BCUT2D eigenvalue weighted by Crippen LogP contribution is 2.36. The minimum atomic E-state index is -0.460. The van der Waals surface area contributed by atoms with Crippen molar-refractivity contribution in [2.45, 2.75) is 13.2 Å². The molecule has 162 valence electrons. The third-order valence-corrected chi connectivity index (χ3v) is 6.50. The summed E-state index contributed by atoms with van der Waals surface area (Å²) in [4.78, 5) is 26.8. The molecule has 0 saturated carbocycles. The van der Waals surface area contributed by atoms with Crippen molar-refractivity contribution in [1.29, 1.82) is 0 Å². The van der Waals surface area contributed by atoms with Gasteiger partial charge in [-0.1, -0.05) is 63.9 Å². The Balaban J connectivity index is 1.58. The predicted octanol–water partition coefficient (Wildman–Crippen LogP) is 7.06. The van der Waals surface area contributed by atoms with Gasteiger partial charge in [0.2, 0.25) is 0 Å². The number of imide groups is 1. The topological polar surface area (TPSA) is 46.6 Å². The average molecular weight is 533 g/mol. The van der Waals surface area contributed by atoms with Crippen LogP contribution >= 0.6 is 39.3 Å². The second-order valence-electron chi connectivity index (χ2n) is 6.92. The van der Waals surface area contributed by atoms with E-state index in [2.05, 4.69) is 15.9 Å². The lowest BCUT2D eigenvalue weighted by Gasteiger charge is -2.13. The molecule has 0 unspecified atom stereocenters. The second-order valence-corrected chi connectivity index (χ2v) is 9.24. The maximum absolute atomic E-state index is 14.1. The first-order chi connectivity index (χ1) is 15.4. The van der Waals surface area contributed by atoms with Crippen LogP contribution in [-0.2, 0) is 17.9 Å². The summed E-state index contributed by atoms with van der Waals surface area (Å²) in [7, 11) is 0. The van der Waals surface area contributed by atoms with Gasteiger partial charge >= 0.3 is 0 Å². The van der Waals surface area contributed by atoms with Crippen molar-refractivity contribution in [1.82, 2.24) is 4.90 Å². The van der Waals surface area contributed by atoms with Crippen molar-refractivity contribution in [2.24, 2.45) is 0 Å². The monoisotopic (exact) mass is 531 g/mol. The number of rotatable bonds is 6. The Hall–Kier alpha value is -2.61. The normalized spacial score (nSPS) is 15.0. The van der Waals surface area contributed by atoms with E-state index in [1.807, 2.05) is 30.3 Å². The number of hydrogen-bond donors (Lipinski definition) is 0. The molecule has 1 aliphatic heterocycles. The van der Waals surface area contributed by atoms with Crippen molar-refractivity contribution in [3.8, 4) is 5.75 Å². The molecule has 3 aromatic rings. The summed E-state index contributed by atoms with van der Waals surface area (Å²) < 4.78 is 20.7. The van der Waals surface area contributed by atoms with E-state index in [1.165, 1.54) is 17.0 Å². The van der Waals surface area contributed by atoms with Gasteiger partial charge in [0, 0.05) is 15.6 Å². The number of nitrogens with zero attached hydrogens (tertiary/aromatic N) is 1. The number of hydrogen-bond acceptors (Lipinski definition) is 4. The third kappa shape index (κ3) is 5.06. The first-order valence-corrected chi connectivity index (χ1v) is 11.6. The molecule has 1 saturated heterocycles. The van der Waals surface area contributed by atoms with Crippen LogP contribution in [0.5, 0.6) is 5.75 Å². The highest BCUT2D eigenvalue weighted by molar-refractivity contribution is 9.10. The Bertz CT molecular complexity index is 1200. The van der Waals surface area contributed by atoms with Crippen molar-refractivity contribution in [3.63, 3.8) is 0 Å². The minimum absolute atomic E-state index is 0.0799. The van der Waals surface area contributed by atoms with Crippen molar-refractivity contribution < 1.29 is 18.7 Å². The van der Waals surface area contributed by atoms with Crippen LogP contribution in [-0.4, -0.2) is 16.0 Å². The van der Waals surface area contributed by atoms with Gasteiger partial charge in [0.05, 0.1) is 16.5 Å². The fourth-order valence-electron chi connectivity index (χ4n) is 3.13. The van der Waals surface area contributed by atoms with Gasteiger partial charge in [-0.15, -0.1) is 0 Å². The Morgan fingerprint density at radius 3 is 2.59 bits per heavy atom. The molecule has 32 heavy (non-hydrogen) atoms. The van der Waals surface area contributed by atoms with E-state index in [1.54, 1.807) is 30.3 Å². The first-order valence-electron chi connectivity index (χ1n) is 9.57. The van der Waals surface area contributed by atoms with E-state index in [4.69, 9.17) is 16.3 Å². The van der Waals surface area contributed by atoms with E-state index < -0.39 is 5.82 Å². The van der Waals surface area contributed by atoms with Crippen LogP contribution in [0.3, 0.4) is 0 Å². The van der Waals surface area contributed by atoms with E-state index in [-0.39, 0.29) is 39.8 Å². The number of carbonyl (C=O) groups is 2. The standard InChI is InChI=1S/C24H16BrClFNO3S/c25-17-9-10-21(31-14-18-19(26)7-4-8-20(18)27)16(11-17)12-22-23(29)28(24(30)32-22)13-15-5-2-1-3-6-15/h1-12H,13-14H2/b22-12-. The van der Waals surface area contributed by atoms with Gasteiger partial charge in [0.15, 0.2) is 0 Å². The maximum Gasteiger partial charge on any atom is 0.293 e. The van der Waals surface area contributed by atoms with E-state index in [9.17, 15) is 14.0 Å². The summed E-state index contributed by atoms with van der Waals surface area (Å²) in [5.41, 5.74) is 1.69. The number of halogens is 3. The molecular formula is C24H16BrClFNO3S. The molecular weight excluding hydrogens is 517 g/mol. The summed E-state index contributed by atoms with van der Waals surface area (Å²) in [5, 5.41) is -0.0635. The van der Waals surface area contributed by atoms with E-state index >= 15 is 0 Å². The zero-order chi connectivity index (χ0) is 22.7. The molecule has 1 heterocycles. The number of thioether (sulfide) groups is 1. The Labute approximate surface area is 202 Å². The predicted molar refractivity (Wildman–Crippen MR) is 128 cm³/mol. The maximum atomic E-state index is 14.1. The van der Waals surface area contributed by atoms with Crippen LogP contribution in [0, 0.1) is 5.82 Å². The Kier molecular flexibility index (Phi) is 6.98. The number of amides is 2. The summed E-state index contributed by atoms with van der Waals surface area (Å²) >= 11 is 10.4. The zero-order valence-corrected chi connectivity index (χ0v) is 19.7. The number of ether oxygens (including phenoxy) is 1. The molecule has 3 aromatic carbocycles. The highest BCUT2D eigenvalue weighted by atomic mass is 79.9. The van der Waals surface area contributed by atoms with E-state index in [0.717, 1.165) is 21.8 Å². The molecule has 0 bridgehead atoms. The van der Waals surface area contributed by atoms with Crippen LogP contribution in [0.15, 0.2) is 76.1 Å². The molecule has 0 radical (unpaired) electrons. The molecule has 0 aromatic heterocycles. The molecule has 0 N–H and O–H groups in total. The first kappa shape index (κ1) is 22.6. The molecule has 1 fully saturated rings. The summed E-state index contributed by atoms with van der Waals surface area (Å²) in [6.07, 6.45) is 1.61. The van der Waals surface area contributed by atoms with Crippen LogP contribution in [0.4, 0.5) is 9.18 Å². The fraction of sp³-hybridized carbons (Fsp3) is 0.0833. The molecule has 0 atom stereocenters. The van der Waals surface area contributed by atoms with Gasteiger partial charge in [-0.25, -0.2) is 4.39 Å². The summed E-state index contributed by atoms with van der Waals surface area (Å²) in [5.74, 6) is -0.396. The quantitative estimate of drug-likeness (QED) is 0.319. The third-order valence-electron chi connectivity index (χ3n) is 4.75.